The number of nitrogens with two attached hydrogens (primary N) is 1. The molecule has 1 aromatic carbocycles. The molecule has 6 heteroatoms. The summed E-state index contributed by atoms with van der Waals surface area (Å²) < 4.78 is 0. The van der Waals surface area contributed by atoms with E-state index in [2.05, 4.69) is 4.99 Å². The summed E-state index contributed by atoms with van der Waals surface area (Å²) in [5.41, 5.74) is 7.29. The lowest BCUT2D eigenvalue weighted by molar-refractivity contribution is -0.385. The van der Waals surface area contributed by atoms with Crippen LogP contribution in [0.3, 0.4) is 0 Å². The third kappa shape index (κ3) is 3.45. The highest BCUT2D eigenvalue weighted by atomic mass is 32.2. The molecule has 0 aromatic heterocycles. The number of thioether (sulfide) groups is 1. The zero-order chi connectivity index (χ0) is 13.7. The molecule has 19 heavy (non-hydrogen) atoms. The first kappa shape index (κ1) is 13.4. The van der Waals surface area contributed by atoms with E-state index in [4.69, 9.17) is 5.73 Å². The van der Waals surface area contributed by atoms with Gasteiger partial charge in [0.2, 0.25) is 0 Å². The summed E-state index contributed by atoms with van der Waals surface area (Å²) in [7, 11) is 0. The molecule has 0 fully saturated rings. The molecule has 0 radical (unpaired) electrons. The van der Waals surface area contributed by atoms with Crippen LogP contribution in [-0.4, -0.2) is 11.1 Å². The number of hydrogen-bond donors (Lipinski definition) is 1. The van der Waals surface area contributed by atoms with Gasteiger partial charge in [-0.2, -0.15) is 0 Å². The highest BCUT2D eigenvalue weighted by Gasteiger charge is 2.13. The van der Waals surface area contributed by atoms with E-state index in [9.17, 15) is 10.1 Å². The highest BCUT2D eigenvalue weighted by Crippen LogP contribution is 2.30. The molecule has 1 aliphatic rings. The molecule has 0 amide bonds. The molecule has 1 aromatic rings. The van der Waals surface area contributed by atoms with Gasteiger partial charge in [0.15, 0.2) is 0 Å². The minimum atomic E-state index is -0.361. The van der Waals surface area contributed by atoms with Gasteiger partial charge in [0.1, 0.15) is 0 Å². The maximum absolute atomic E-state index is 10.9. The van der Waals surface area contributed by atoms with Gasteiger partial charge in [-0.15, -0.1) is 11.8 Å². The smallest absolute Gasteiger partial charge is 0.273 e. The second-order valence-corrected chi connectivity index (χ2v) is 4.91. The van der Waals surface area contributed by atoms with E-state index in [1.165, 1.54) is 17.8 Å². The van der Waals surface area contributed by atoms with Gasteiger partial charge >= 0.3 is 0 Å². The van der Waals surface area contributed by atoms with Gasteiger partial charge in [-0.25, -0.2) is 0 Å². The molecular formula is C13H13N3O2S. The summed E-state index contributed by atoms with van der Waals surface area (Å²) in [6, 6.07) is 6.74. The van der Waals surface area contributed by atoms with E-state index in [1.807, 2.05) is 6.08 Å². The Morgan fingerprint density at radius 3 is 3.00 bits per heavy atom. The fraction of sp³-hybridized carbons (Fsp3) is 0.154. The van der Waals surface area contributed by atoms with E-state index in [0.717, 1.165) is 11.3 Å². The molecule has 1 aliphatic heterocycles. The van der Waals surface area contributed by atoms with Crippen LogP contribution in [0.4, 0.5) is 5.69 Å². The van der Waals surface area contributed by atoms with Crippen molar-refractivity contribution in [3.8, 4) is 0 Å². The van der Waals surface area contributed by atoms with Gasteiger partial charge in [0, 0.05) is 34.9 Å². The summed E-state index contributed by atoms with van der Waals surface area (Å²) in [4.78, 5) is 15.5. The molecule has 0 aliphatic carbocycles. The normalized spacial score (nSPS) is 14.5. The Labute approximate surface area is 115 Å². The number of nitro groups is 1. The molecule has 0 atom stereocenters. The average Bonchev–Trinajstić information content (AvgIpc) is 2.61. The SMILES string of the molecule is NC1=CN=CCC=C1SCc1ccccc1[N+](=O)[O-]. The van der Waals surface area contributed by atoms with Crippen LogP contribution in [0.5, 0.6) is 0 Å². The number of para-hydroxylation sites is 1. The van der Waals surface area contributed by atoms with E-state index in [-0.39, 0.29) is 10.6 Å². The first-order chi connectivity index (χ1) is 9.18. The molecule has 98 valence electrons. The Hall–Kier alpha value is -2.08. The summed E-state index contributed by atoms with van der Waals surface area (Å²) in [6.45, 7) is 0. The van der Waals surface area contributed by atoms with E-state index in [1.54, 1.807) is 30.6 Å². The van der Waals surface area contributed by atoms with E-state index in [0.29, 0.717) is 17.0 Å². The quantitative estimate of drug-likeness (QED) is 0.676. The average molecular weight is 275 g/mol. The lowest BCUT2D eigenvalue weighted by Crippen LogP contribution is -1.99. The van der Waals surface area contributed by atoms with Gasteiger partial charge in [-0.1, -0.05) is 24.3 Å². The lowest BCUT2D eigenvalue weighted by atomic mass is 10.2. The van der Waals surface area contributed by atoms with Crippen molar-refractivity contribution in [1.82, 2.24) is 0 Å². The molecule has 0 spiro atoms. The second-order valence-electron chi connectivity index (χ2n) is 3.89. The summed E-state index contributed by atoms with van der Waals surface area (Å²) in [6.07, 6.45) is 6.06. The van der Waals surface area contributed by atoms with Crippen molar-refractivity contribution in [3.05, 3.63) is 62.8 Å². The largest absolute Gasteiger partial charge is 0.397 e. The van der Waals surface area contributed by atoms with Crippen molar-refractivity contribution in [1.29, 1.82) is 0 Å². The first-order valence-corrected chi connectivity index (χ1v) is 6.70. The van der Waals surface area contributed by atoms with Crippen molar-refractivity contribution in [2.45, 2.75) is 12.2 Å². The van der Waals surface area contributed by atoms with E-state index < -0.39 is 0 Å². The van der Waals surface area contributed by atoms with E-state index >= 15 is 0 Å². The van der Waals surface area contributed by atoms with Crippen molar-refractivity contribution >= 4 is 23.7 Å². The van der Waals surface area contributed by atoms with Gasteiger partial charge in [-0.3, -0.25) is 15.1 Å². The van der Waals surface area contributed by atoms with Crippen molar-refractivity contribution in [2.75, 3.05) is 0 Å². The molecule has 0 unspecified atom stereocenters. The maximum atomic E-state index is 10.9. The van der Waals surface area contributed by atoms with Crippen molar-refractivity contribution in [2.24, 2.45) is 10.7 Å². The Bertz CT molecular complexity index is 579. The second kappa shape index (κ2) is 6.19. The number of rotatable bonds is 4. The fourth-order valence-corrected chi connectivity index (χ4v) is 2.63. The minimum Gasteiger partial charge on any atom is -0.397 e. The summed E-state index contributed by atoms with van der Waals surface area (Å²) >= 11 is 1.49. The van der Waals surface area contributed by atoms with Crippen LogP contribution < -0.4 is 5.73 Å². The zero-order valence-corrected chi connectivity index (χ0v) is 11.0. The number of benzene rings is 1. The molecule has 0 bridgehead atoms. The number of nitro benzene ring substituents is 1. The molecule has 1 heterocycles. The predicted octanol–water partition coefficient (Wildman–Crippen LogP) is 2.99. The van der Waals surface area contributed by atoms with Crippen LogP contribution in [0.25, 0.3) is 0 Å². The Morgan fingerprint density at radius 2 is 2.21 bits per heavy atom. The standard InChI is InChI=1S/C13H13N3O2S/c14-11-8-15-7-3-6-13(11)19-9-10-4-1-2-5-12(10)16(17)18/h1-2,4-8H,3,9,14H2. The van der Waals surface area contributed by atoms with Crippen LogP contribution in [0.15, 0.2) is 52.1 Å². The topological polar surface area (TPSA) is 81.5 Å². The van der Waals surface area contributed by atoms with Gasteiger partial charge in [0.25, 0.3) is 5.69 Å². The number of allylic oxidation sites excluding steroid dienone is 1. The highest BCUT2D eigenvalue weighted by molar-refractivity contribution is 8.02. The number of aliphatic imine (C=N–C) groups is 1. The zero-order valence-electron chi connectivity index (χ0n) is 10.2. The molecular weight excluding hydrogens is 262 g/mol. The van der Waals surface area contributed by atoms with Crippen LogP contribution in [0.1, 0.15) is 12.0 Å². The Balaban J connectivity index is 2.11. The Morgan fingerprint density at radius 1 is 1.42 bits per heavy atom. The minimum absolute atomic E-state index is 0.142. The summed E-state index contributed by atoms with van der Waals surface area (Å²) in [5.74, 6) is 0.511. The fourth-order valence-electron chi connectivity index (χ4n) is 1.64. The predicted molar refractivity (Wildman–Crippen MR) is 77.9 cm³/mol. The van der Waals surface area contributed by atoms with Crippen LogP contribution >= 0.6 is 11.8 Å². The molecule has 5 nitrogen and oxygen atoms in total. The van der Waals surface area contributed by atoms with Crippen LogP contribution in [-0.2, 0) is 5.75 Å². The molecule has 0 saturated heterocycles. The number of nitrogens with zero attached hydrogens (tertiary/aromatic N) is 2. The third-order valence-corrected chi connectivity index (χ3v) is 3.75. The Kier molecular flexibility index (Phi) is 4.35. The molecule has 2 rings (SSSR count). The number of hydrogen-bond acceptors (Lipinski definition) is 5. The van der Waals surface area contributed by atoms with Gasteiger partial charge in [-0.05, 0) is 0 Å². The summed E-state index contributed by atoms with van der Waals surface area (Å²) in [5, 5.41) is 10.9. The molecule has 0 saturated carbocycles. The van der Waals surface area contributed by atoms with Gasteiger partial charge < -0.3 is 5.73 Å². The van der Waals surface area contributed by atoms with Crippen molar-refractivity contribution in [3.63, 3.8) is 0 Å². The lowest BCUT2D eigenvalue weighted by Gasteiger charge is -2.06. The van der Waals surface area contributed by atoms with Crippen LogP contribution in [0.2, 0.25) is 0 Å². The third-order valence-electron chi connectivity index (χ3n) is 2.58. The monoisotopic (exact) mass is 275 g/mol. The van der Waals surface area contributed by atoms with Crippen molar-refractivity contribution < 1.29 is 4.92 Å². The van der Waals surface area contributed by atoms with Gasteiger partial charge in [0.05, 0.1) is 16.8 Å². The molecule has 2 N–H and O–H groups in total. The van der Waals surface area contributed by atoms with Crippen LogP contribution in [0, 0.1) is 10.1 Å². The maximum Gasteiger partial charge on any atom is 0.273 e. The first-order valence-electron chi connectivity index (χ1n) is 5.71.